The molecule has 1 aliphatic rings. The highest BCUT2D eigenvalue weighted by Crippen LogP contribution is 2.31. The molecular weight excluding hydrogens is 296 g/mol. The Kier molecular flexibility index (Phi) is 3.40. The highest BCUT2D eigenvalue weighted by atomic mass is 35.5. The molecule has 6 heteroatoms. The van der Waals surface area contributed by atoms with Crippen molar-refractivity contribution in [2.24, 2.45) is 7.05 Å². The lowest BCUT2D eigenvalue weighted by Crippen LogP contribution is -2.38. The van der Waals surface area contributed by atoms with Crippen LogP contribution in [0.1, 0.15) is 20.8 Å². The maximum atomic E-state index is 12.5. The van der Waals surface area contributed by atoms with Crippen molar-refractivity contribution in [3.05, 3.63) is 55.1 Å². The molecule has 0 fully saturated rings. The number of carbonyl (C=O) groups is 1. The predicted octanol–water partition coefficient (Wildman–Crippen LogP) is 2.30. The smallest absolute Gasteiger partial charge is 0.263 e. The Morgan fingerprint density at radius 2 is 2.25 bits per heavy atom. The zero-order chi connectivity index (χ0) is 14.3. The summed E-state index contributed by atoms with van der Waals surface area (Å²) in [4.78, 5) is 27.4. The van der Waals surface area contributed by atoms with Crippen LogP contribution in [0.25, 0.3) is 0 Å². The molecule has 3 rings (SSSR count). The molecule has 0 bridgehead atoms. The van der Waals surface area contributed by atoms with Crippen LogP contribution in [0, 0.1) is 0 Å². The van der Waals surface area contributed by atoms with Crippen molar-refractivity contribution in [1.29, 1.82) is 0 Å². The quantitative estimate of drug-likeness (QED) is 0.811. The Balaban J connectivity index is 1.89. The van der Waals surface area contributed by atoms with E-state index in [1.54, 1.807) is 41.6 Å². The van der Waals surface area contributed by atoms with E-state index in [9.17, 15) is 9.59 Å². The first kappa shape index (κ1) is 13.4. The number of pyridine rings is 1. The number of fused-ring (bicyclic) bond motifs is 1. The Morgan fingerprint density at radius 3 is 3.05 bits per heavy atom. The first-order chi connectivity index (χ1) is 9.56. The molecule has 20 heavy (non-hydrogen) atoms. The topological polar surface area (TPSA) is 42.3 Å². The lowest BCUT2D eigenvalue weighted by molar-refractivity contribution is 0.0733. The van der Waals surface area contributed by atoms with Gasteiger partial charge in [0, 0.05) is 31.2 Å². The standard InChI is InChI=1S/C14H13ClN2O2S/c1-16-5-2-3-10(13(16)18)14(19)17-6-4-11-9(8-17)7-12(15)20-11/h2-3,5,7H,4,6,8H2,1H3. The van der Waals surface area contributed by atoms with Crippen LogP contribution in [0.15, 0.2) is 29.2 Å². The van der Waals surface area contributed by atoms with E-state index in [0.717, 1.165) is 16.3 Å². The lowest BCUT2D eigenvalue weighted by Gasteiger charge is -2.26. The minimum atomic E-state index is -0.258. The van der Waals surface area contributed by atoms with E-state index >= 15 is 0 Å². The zero-order valence-corrected chi connectivity index (χ0v) is 12.5. The fraction of sp³-hybridized carbons (Fsp3) is 0.286. The second-order valence-corrected chi connectivity index (χ2v) is 6.58. The number of aromatic nitrogens is 1. The van der Waals surface area contributed by atoms with Gasteiger partial charge in [-0.1, -0.05) is 11.6 Å². The van der Waals surface area contributed by atoms with Gasteiger partial charge in [0.2, 0.25) is 0 Å². The molecule has 3 heterocycles. The van der Waals surface area contributed by atoms with Crippen LogP contribution in [0.4, 0.5) is 0 Å². The first-order valence-corrected chi connectivity index (χ1v) is 7.47. The van der Waals surface area contributed by atoms with Crippen molar-refractivity contribution in [2.45, 2.75) is 13.0 Å². The number of rotatable bonds is 1. The van der Waals surface area contributed by atoms with Crippen LogP contribution in [0.3, 0.4) is 0 Å². The zero-order valence-electron chi connectivity index (χ0n) is 10.9. The van der Waals surface area contributed by atoms with Gasteiger partial charge < -0.3 is 9.47 Å². The Morgan fingerprint density at radius 1 is 1.45 bits per heavy atom. The molecule has 0 unspecified atom stereocenters. The normalized spacial score (nSPS) is 14.2. The summed E-state index contributed by atoms with van der Waals surface area (Å²) < 4.78 is 2.17. The van der Waals surface area contributed by atoms with Gasteiger partial charge in [0.25, 0.3) is 11.5 Å². The minimum Gasteiger partial charge on any atom is -0.334 e. The van der Waals surface area contributed by atoms with Gasteiger partial charge in [-0.15, -0.1) is 11.3 Å². The Labute approximate surface area is 125 Å². The molecule has 104 valence electrons. The van der Waals surface area contributed by atoms with E-state index in [4.69, 9.17) is 11.6 Å². The van der Waals surface area contributed by atoms with Gasteiger partial charge in [0.1, 0.15) is 5.56 Å². The Hall–Kier alpha value is -1.59. The van der Waals surface area contributed by atoms with E-state index in [2.05, 4.69) is 0 Å². The van der Waals surface area contributed by atoms with Gasteiger partial charge in [0.15, 0.2) is 0 Å². The third-order valence-corrected chi connectivity index (χ3v) is 4.84. The van der Waals surface area contributed by atoms with Gasteiger partial charge in [-0.05, 0) is 30.2 Å². The van der Waals surface area contributed by atoms with Crippen LogP contribution < -0.4 is 5.56 Å². The lowest BCUT2D eigenvalue weighted by atomic mass is 10.1. The van der Waals surface area contributed by atoms with Crippen molar-refractivity contribution in [1.82, 2.24) is 9.47 Å². The second-order valence-electron chi connectivity index (χ2n) is 4.81. The molecule has 1 aliphatic heterocycles. The van der Waals surface area contributed by atoms with Gasteiger partial charge in [-0.25, -0.2) is 0 Å². The van der Waals surface area contributed by atoms with Gasteiger partial charge in [-0.3, -0.25) is 9.59 Å². The predicted molar refractivity (Wildman–Crippen MR) is 79.5 cm³/mol. The summed E-state index contributed by atoms with van der Waals surface area (Å²) in [5.74, 6) is -0.209. The number of halogens is 1. The van der Waals surface area contributed by atoms with Crippen molar-refractivity contribution >= 4 is 28.8 Å². The summed E-state index contributed by atoms with van der Waals surface area (Å²) in [5.41, 5.74) is 1.05. The van der Waals surface area contributed by atoms with E-state index in [-0.39, 0.29) is 17.0 Å². The van der Waals surface area contributed by atoms with Crippen LogP contribution in [0.2, 0.25) is 4.34 Å². The summed E-state index contributed by atoms with van der Waals surface area (Å²) in [6.45, 7) is 1.15. The molecular formula is C14H13ClN2O2S. The third-order valence-electron chi connectivity index (χ3n) is 3.48. The molecule has 0 N–H and O–H groups in total. The number of hydrogen-bond acceptors (Lipinski definition) is 3. The van der Waals surface area contributed by atoms with E-state index in [1.807, 2.05) is 6.07 Å². The fourth-order valence-electron chi connectivity index (χ4n) is 2.40. The van der Waals surface area contributed by atoms with Crippen molar-refractivity contribution in [2.75, 3.05) is 6.54 Å². The first-order valence-electron chi connectivity index (χ1n) is 6.28. The van der Waals surface area contributed by atoms with Crippen LogP contribution >= 0.6 is 22.9 Å². The largest absolute Gasteiger partial charge is 0.334 e. The number of carbonyl (C=O) groups excluding carboxylic acids is 1. The van der Waals surface area contributed by atoms with E-state index in [1.165, 1.54) is 9.44 Å². The third kappa shape index (κ3) is 2.27. The second kappa shape index (κ2) is 5.07. The van der Waals surface area contributed by atoms with E-state index in [0.29, 0.717) is 13.1 Å². The maximum Gasteiger partial charge on any atom is 0.263 e. The average molecular weight is 309 g/mol. The minimum absolute atomic E-state index is 0.209. The Bertz CT molecular complexity index is 735. The highest BCUT2D eigenvalue weighted by molar-refractivity contribution is 7.16. The summed E-state index contributed by atoms with van der Waals surface area (Å²) in [6, 6.07) is 5.20. The molecule has 1 amide bonds. The van der Waals surface area contributed by atoms with E-state index < -0.39 is 0 Å². The number of amides is 1. The summed E-state index contributed by atoms with van der Waals surface area (Å²) >= 11 is 7.57. The van der Waals surface area contributed by atoms with Gasteiger partial charge >= 0.3 is 0 Å². The van der Waals surface area contributed by atoms with Crippen LogP contribution in [0.5, 0.6) is 0 Å². The molecule has 2 aromatic heterocycles. The number of aryl methyl sites for hydroxylation is 1. The highest BCUT2D eigenvalue weighted by Gasteiger charge is 2.25. The molecule has 0 saturated carbocycles. The van der Waals surface area contributed by atoms with Crippen LogP contribution in [-0.2, 0) is 20.0 Å². The van der Waals surface area contributed by atoms with Crippen molar-refractivity contribution in [3.63, 3.8) is 0 Å². The number of nitrogens with zero attached hydrogens (tertiary/aromatic N) is 2. The summed E-state index contributed by atoms with van der Waals surface area (Å²) in [5, 5.41) is 0. The molecule has 0 radical (unpaired) electrons. The van der Waals surface area contributed by atoms with Crippen molar-refractivity contribution in [3.8, 4) is 0 Å². The maximum absolute atomic E-state index is 12.5. The van der Waals surface area contributed by atoms with Crippen LogP contribution in [-0.4, -0.2) is 21.9 Å². The van der Waals surface area contributed by atoms with Crippen molar-refractivity contribution < 1.29 is 4.79 Å². The molecule has 2 aromatic rings. The molecule has 0 spiro atoms. The summed E-state index contributed by atoms with van der Waals surface area (Å²) in [7, 11) is 1.64. The molecule has 0 aliphatic carbocycles. The van der Waals surface area contributed by atoms with Gasteiger partial charge in [0.05, 0.1) is 4.34 Å². The number of thiophene rings is 1. The molecule has 0 atom stereocenters. The monoisotopic (exact) mass is 308 g/mol. The molecule has 0 aromatic carbocycles. The molecule has 0 saturated heterocycles. The SMILES string of the molecule is Cn1cccc(C(=O)N2CCc3sc(Cl)cc3C2)c1=O. The fourth-order valence-corrected chi connectivity index (χ4v) is 3.70. The number of hydrogen-bond donors (Lipinski definition) is 0. The average Bonchev–Trinajstić information content (AvgIpc) is 2.80. The van der Waals surface area contributed by atoms with Gasteiger partial charge in [-0.2, -0.15) is 0 Å². The summed E-state index contributed by atoms with van der Waals surface area (Å²) in [6.07, 6.45) is 2.44. The molecule has 4 nitrogen and oxygen atoms in total.